The minimum absolute atomic E-state index is 0. The van der Waals surface area contributed by atoms with Crippen molar-refractivity contribution in [2.45, 2.75) is 32.6 Å². The number of aliphatic carboxylic acids is 2. The Hall–Kier alpha value is -1.82. The topological polar surface area (TPSA) is 74.6 Å². The van der Waals surface area contributed by atoms with E-state index >= 15 is 0 Å². The minimum atomic E-state index is -1.08. The molecule has 3 aromatic rings. The van der Waals surface area contributed by atoms with Gasteiger partial charge in [0.05, 0.1) is 11.8 Å². The third-order valence-corrected chi connectivity index (χ3v) is 6.46. The molecule has 0 aliphatic carbocycles. The van der Waals surface area contributed by atoms with Crippen molar-refractivity contribution in [3.63, 3.8) is 0 Å². The molecule has 3 rings (SSSR count). The molecule has 0 unspecified atom stereocenters. The Morgan fingerprint density at radius 1 is 0.806 bits per heavy atom. The normalized spacial score (nSPS) is 12.5. The van der Waals surface area contributed by atoms with Crippen LogP contribution in [0.2, 0.25) is 0 Å². The van der Waals surface area contributed by atoms with Crippen LogP contribution >= 0.6 is 11.3 Å². The number of carboxylic acid groups (broad SMARTS) is 2. The molecule has 0 amide bonds. The van der Waals surface area contributed by atoms with Gasteiger partial charge in [-0.15, -0.1) is 11.3 Å². The summed E-state index contributed by atoms with van der Waals surface area (Å²) in [5.41, 5.74) is 2.75. The number of rotatable bonds is 10. The first kappa shape index (κ1) is 25.4. The van der Waals surface area contributed by atoms with Gasteiger partial charge in [-0.3, -0.25) is 9.59 Å². The first-order valence-corrected chi connectivity index (χ1v) is 11.0. The SMILES string of the molecule is CCCc1ccc(-c2ccc(C[C@H](C(=O)O)[C@H](Cc3ccccc3)C(=O)O)cc2)s1.[Y]. The van der Waals surface area contributed by atoms with Crippen molar-refractivity contribution < 1.29 is 52.5 Å². The van der Waals surface area contributed by atoms with Crippen LogP contribution in [0.4, 0.5) is 0 Å². The Labute approximate surface area is 212 Å². The molecule has 6 heteroatoms. The summed E-state index contributed by atoms with van der Waals surface area (Å²) in [5, 5.41) is 19.5. The Kier molecular flexibility index (Phi) is 10.1. The largest absolute Gasteiger partial charge is 0.481 e. The second kappa shape index (κ2) is 12.3. The Morgan fingerprint density at radius 2 is 1.35 bits per heavy atom. The molecule has 0 spiro atoms. The first-order chi connectivity index (χ1) is 14.5. The van der Waals surface area contributed by atoms with E-state index in [0.29, 0.717) is 0 Å². The van der Waals surface area contributed by atoms with E-state index in [1.165, 1.54) is 9.75 Å². The van der Waals surface area contributed by atoms with Crippen LogP contribution in [0, 0.1) is 11.8 Å². The van der Waals surface area contributed by atoms with Crippen LogP contribution < -0.4 is 0 Å². The summed E-state index contributed by atoms with van der Waals surface area (Å²) in [6, 6.07) is 21.2. The van der Waals surface area contributed by atoms with E-state index in [0.717, 1.165) is 29.5 Å². The third-order valence-electron chi connectivity index (χ3n) is 5.27. The summed E-state index contributed by atoms with van der Waals surface area (Å²) in [4.78, 5) is 26.3. The van der Waals surface area contributed by atoms with Gasteiger partial charge in [0.25, 0.3) is 0 Å². The molecule has 0 fully saturated rings. The van der Waals surface area contributed by atoms with E-state index in [9.17, 15) is 19.8 Å². The molecular formula is C25H26O4SY. The van der Waals surface area contributed by atoms with Gasteiger partial charge in [-0.2, -0.15) is 0 Å². The Balaban J connectivity index is 0.00000341. The van der Waals surface area contributed by atoms with Gasteiger partial charge in [0.15, 0.2) is 0 Å². The maximum atomic E-state index is 11.9. The predicted molar refractivity (Wildman–Crippen MR) is 120 cm³/mol. The number of carboxylic acids is 2. The summed E-state index contributed by atoms with van der Waals surface area (Å²) >= 11 is 1.77. The summed E-state index contributed by atoms with van der Waals surface area (Å²) in [6.07, 6.45) is 2.57. The van der Waals surface area contributed by atoms with Crippen molar-refractivity contribution >= 4 is 23.3 Å². The van der Waals surface area contributed by atoms with Crippen molar-refractivity contribution in [1.29, 1.82) is 0 Å². The van der Waals surface area contributed by atoms with E-state index < -0.39 is 23.8 Å². The van der Waals surface area contributed by atoms with Gasteiger partial charge in [0.2, 0.25) is 0 Å². The average molecular weight is 511 g/mol. The van der Waals surface area contributed by atoms with Gasteiger partial charge in [-0.05, 0) is 48.1 Å². The molecule has 1 aromatic heterocycles. The van der Waals surface area contributed by atoms with Crippen molar-refractivity contribution in [2.75, 3.05) is 0 Å². The molecule has 0 aliphatic heterocycles. The fraction of sp³-hybridized carbons (Fsp3) is 0.280. The molecule has 1 radical (unpaired) electrons. The molecule has 0 aliphatic rings. The number of benzene rings is 2. The smallest absolute Gasteiger partial charge is 0.307 e. The number of carbonyl (C=O) groups is 2. The standard InChI is InChI=1S/C25H26O4S.Y/c1-2-6-20-13-14-23(30-20)19-11-9-18(10-12-19)16-22(25(28)29)21(24(26)27)15-17-7-4-3-5-8-17;/h3-5,7-14,21-22H,2,6,15-16H2,1H3,(H,26,27)(H,28,29);/t21-,22-;/m0./s1. The molecule has 0 bridgehead atoms. The van der Waals surface area contributed by atoms with E-state index in [4.69, 9.17) is 0 Å². The number of thiophene rings is 1. The monoisotopic (exact) mass is 511 g/mol. The summed E-state index contributed by atoms with van der Waals surface area (Å²) in [5.74, 6) is -4.14. The number of hydrogen-bond donors (Lipinski definition) is 2. The van der Waals surface area contributed by atoms with Crippen molar-refractivity contribution in [3.8, 4) is 10.4 Å². The molecule has 2 N–H and O–H groups in total. The van der Waals surface area contributed by atoms with Crippen LogP contribution in [0.15, 0.2) is 66.7 Å². The van der Waals surface area contributed by atoms with E-state index in [2.05, 4.69) is 19.1 Å². The van der Waals surface area contributed by atoms with Gasteiger partial charge < -0.3 is 10.2 Å². The van der Waals surface area contributed by atoms with Crippen LogP contribution in [-0.4, -0.2) is 22.2 Å². The van der Waals surface area contributed by atoms with Crippen molar-refractivity contribution in [3.05, 3.63) is 82.7 Å². The van der Waals surface area contributed by atoms with Crippen LogP contribution in [-0.2, 0) is 61.6 Å². The second-order valence-electron chi connectivity index (χ2n) is 7.50. The second-order valence-corrected chi connectivity index (χ2v) is 8.66. The quantitative estimate of drug-likeness (QED) is 0.374. The maximum absolute atomic E-state index is 11.9. The molecular weight excluding hydrogens is 485 g/mol. The van der Waals surface area contributed by atoms with Gasteiger partial charge in [0, 0.05) is 42.5 Å². The molecule has 2 aromatic carbocycles. The Bertz CT molecular complexity index is 982. The predicted octanol–water partition coefficient (Wildman–Crippen LogP) is 5.55. The number of hydrogen-bond acceptors (Lipinski definition) is 3. The fourth-order valence-corrected chi connectivity index (χ4v) is 4.76. The van der Waals surface area contributed by atoms with Crippen molar-refractivity contribution in [2.24, 2.45) is 11.8 Å². The zero-order chi connectivity index (χ0) is 21.5. The summed E-state index contributed by atoms with van der Waals surface area (Å²) in [7, 11) is 0. The zero-order valence-corrected chi connectivity index (χ0v) is 21.2. The average Bonchev–Trinajstić information content (AvgIpc) is 3.20. The van der Waals surface area contributed by atoms with Crippen LogP contribution in [0.25, 0.3) is 10.4 Å². The molecule has 0 saturated heterocycles. The fourth-order valence-electron chi connectivity index (χ4n) is 3.64. The molecule has 1 heterocycles. The van der Waals surface area contributed by atoms with E-state index in [1.54, 1.807) is 11.3 Å². The van der Waals surface area contributed by atoms with Crippen LogP contribution in [0.5, 0.6) is 0 Å². The minimum Gasteiger partial charge on any atom is -0.481 e. The molecule has 4 nitrogen and oxygen atoms in total. The van der Waals surface area contributed by atoms with E-state index in [-0.39, 0.29) is 45.6 Å². The van der Waals surface area contributed by atoms with Gasteiger partial charge in [-0.1, -0.05) is 67.9 Å². The first-order valence-electron chi connectivity index (χ1n) is 10.2. The maximum Gasteiger partial charge on any atom is 0.307 e. The van der Waals surface area contributed by atoms with Gasteiger partial charge >= 0.3 is 11.9 Å². The number of aryl methyl sites for hydroxylation is 1. The van der Waals surface area contributed by atoms with Gasteiger partial charge in [-0.25, -0.2) is 0 Å². The molecule has 0 saturated carbocycles. The zero-order valence-electron chi connectivity index (χ0n) is 17.5. The molecule has 159 valence electrons. The molecule has 31 heavy (non-hydrogen) atoms. The van der Waals surface area contributed by atoms with E-state index in [1.807, 2.05) is 54.6 Å². The Morgan fingerprint density at radius 3 is 1.87 bits per heavy atom. The summed E-state index contributed by atoms with van der Waals surface area (Å²) < 4.78 is 0. The van der Waals surface area contributed by atoms with Crippen molar-refractivity contribution in [1.82, 2.24) is 0 Å². The van der Waals surface area contributed by atoms with Crippen LogP contribution in [0.1, 0.15) is 29.3 Å². The summed E-state index contributed by atoms with van der Waals surface area (Å²) in [6.45, 7) is 2.16. The van der Waals surface area contributed by atoms with Gasteiger partial charge in [0.1, 0.15) is 0 Å². The third kappa shape index (κ3) is 7.10. The molecule has 2 atom stereocenters. The van der Waals surface area contributed by atoms with Crippen LogP contribution in [0.3, 0.4) is 0 Å².